The Kier molecular flexibility index (Phi) is 1.73. The summed E-state index contributed by atoms with van der Waals surface area (Å²) < 4.78 is 0. The van der Waals surface area contributed by atoms with Gasteiger partial charge in [-0.25, -0.2) is 4.79 Å². The largest absolute Gasteiger partial charge is 0.345 e. The molecule has 2 rings (SSSR count). The van der Waals surface area contributed by atoms with E-state index in [1.807, 2.05) is 0 Å². The molecule has 1 aliphatic rings. The molecule has 0 radical (unpaired) electrons. The van der Waals surface area contributed by atoms with Gasteiger partial charge >= 0.3 is 5.69 Å². The van der Waals surface area contributed by atoms with E-state index < -0.39 is 5.69 Å². The number of carbonyl (C=O) groups is 1. The summed E-state index contributed by atoms with van der Waals surface area (Å²) >= 11 is 1.67. The molecule has 2 heterocycles. The molecule has 62 valence electrons. The minimum atomic E-state index is -0.432. The van der Waals surface area contributed by atoms with E-state index in [-0.39, 0.29) is 0 Å². The Bertz CT molecular complexity index is 385. The zero-order chi connectivity index (χ0) is 8.55. The molecule has 1 aliphatic heterocycles. The van der Waals surface area contributed by atoms with Crippen molar-refractivity contribution in [2.45, 2.75) is 11.5 Å². The van der Waals surface area contributed by atoms with Crippen molar-refractivity contribution in [1.82, 2.24) is 9.97 Å². The molecule has 12 heavy (non-hydrogen) atoms. The van der Waals surface area contributed by atoms with Crippen molar-refractivity contribution in [1.29, 1.82) is 0 Å². The lowest BCUT2D eigenvalue weighted by atomic mass is 10.2. The average molecular weight is 182 g/mol. The number of fused-ring (bicyclic) bond motifs is 1. The lowest BCUT2D eigenvalue weighted by Crippen LogP contribution is -2.16. The van der Waals surface area contributed by atoms with E-state index in [9.17, 15) is 9.59 Å². The highest BCUT2D eigenvalue weighted by molar-refractivity contribution is 7.98. The van der Waals surface area contributed by atoms with E-state index in [0.29, 0.717) is 12.0 Å². The fraction of sp³-hybridized carbons (Fsp3) is 0.286. The van der Waals surface area contributed by atoms with Crippen molar-refractivity contribution in [3.05, 3.63) is 27.4 Å². The van der Waals surface area contributed by atoms with Crippen molar-refractivity contribution in [3.63, 3.8) is 0 Å². The van der Waals surface area contributed by atoms with E-state index in [2.05, 4.69) is 9.97 Å². The van der Waals surface area contributed by atoms with Gasteiger partial charge in [0, 0.05) is 22.8 Å². The number of H-pyrrole nitrogens is 1. The van der Waals surface area contributed by atoms with Crippen LogP contribution in [-0.2, 0) is 11.5 Å². The summed E-state index contributed by atoms with van der Waals surface area (Å²) in [5, 5.41) is 0. The van der Waals surface area contributed by atoms with Gasteiger partial charge in [-0.15, -0.1) is 0 Å². The van der Waals surface area contributed by atoms with E-state index >= 15 is 0 Å². The van der Waals surface area contributed by atoms with E-state index in [1.54, 1.807) is 11.8 Å². The molecular formula is C7H6N2O2S. The maximum absolute atomic E-state index is 10.9. The first-order chi connectivity index (χ1) is 5.81. The number of nitrogens with one attached hydrogen (secondary N) is 1. The highest BCUT2D eigenvalue weighted by atomic mass is 32.2. The second-order valence-electron chi connectivity index (χ2n) is 2.49. The van der Waals surface area contributed by atoms with Gasteiger partial charge in [-0.2, -0.15) is 16.7 Å². The Labute approximate surface area is 72.4 Å². The summed E-state index contributed by atoms with van der Waals surface area (Å²) in [7, 11) is 0. The Balaban J connectivity index is 2.70. The molecular weight excluding hydrogens is 176 g/mol. The summed E-state index contributed by atoms with van der Waals surface area (Å²) in [5.74, 6) is 1.54. The quantitative estimate of drug-likeness (QED) is 0.636. The molecule has 1 aromatic rings. The van der Waals surface area contributed by atoms with Crippen molar-refractivity contribution < 1.29 is 4.79 Å². The molecule has 0 aromatic carbocycles. The Morgan fingerprint density at radius 1 is 1.50 bits per heavy atom. The molecule has 0 atom stereocenters. The van der Waals surface area contributed by atoms with Crippen LogP contribution < -0.4 is 5.69 Å². The third-order valence-electron chi connectivity index (χ3n) is 1.76. The third-order valence-corrected chi connectivity index (χ3v) is 2.74. The number of aldehydes is 1. The number of aromatic amines is 1. The summed E-state index contributed by atoms with van der Waals surface area (Å²) in [5.41, 5.74) is 1.59. The molecule has 0 saturated carbocycles. The van der Waals surface area contributed by atoms with Crippen molar-refractivity contribution >= 4 is 18.0 Å². The second-order valence-corrected chi connectivity index (χ2v) is 3.48. The number of hydrogen-bond donors (Lipinski definition) is 1. The van der Waals surface area contributed by atoms with Crippen LogP contribution in [0.3, 0.4) is 0 Å². The van der Waals surface area contributed by atoms with Crippen molar-refractivity contribution in [2.24, 2.45) is 0 Å². The third kappa shape index (κ3) is 1.06. The monoisotopic (exact) mass is 182 g/mol. The van der Waals surface area contributed by atoms with Gasteiger partial charge in [0.2, 0.25) is 0 Å². The molecule has 5 heteroatoms. The van der Waals surface area contributed by atoms with Gasteiger partial charge in [0.05, 0.1) is 0 Å². The van der Waals surface area contributed by atoms with Crippen LogP contribution in [0.1, 0.15) is 21.7 Å². The number of thioether (sulfide) groups is 1. The van der Waals surface area contributed by atoms with Gasteiger partial charge in [0.25, 0.3) is 0 Å². The zero-order valence-electron chi connectivity index (χ0n) is 6.16. The Morgan fingerprint density at radius 2 is 2.33 bits per heavy atom. The molecule has 4 nitrogen and oxygen atoms in total. The summed E-state index contributed by atoms with van der Waals surface area (Å²) in [6, 6.07) is 0. The van der Waals surface area contributed by atoms with E-state index in [0.717, 1.165) is 22.8 Å². The maximum atomic E-state index is 10.9. The highest BCUT2D eigenvalue weighted by Gasteiger charge is 2.17. The smallest absolute Gasteiger partial charge is 0.309 e. The van der Waals surface area contributed by atoms with Crippen molar-refractivity contribution in [3.8, 4) is 0 Å². The summed E-state index contributed by atoms with van der Waals surface area (Å²) in [6.07, 6.45) is 0.639. The molecule has 1 N–H and O–H groups in total. The standard InChI is InChI=1S/C7H6N2O2S/c10-1-5-4-2-12-3-6(4)9-7(11)8-5/h1H,2-3H2,(H,8,9,11). The molecule has 0 spiro atoms. The number of carbonyl (C=O) groups excluding carboxylic acids is 1. The fourth-order valence-electron chi connectivity index (χ4n) is 1.20. The SMILES string of the molecule is O=Cc1nc(=O)[nH]c2c1CSC2. The van der Waals surface area contributed by atoms with Gasteiger partial charge in [0.1, 0.15) is 5.69 Å². The van der Waals surface area contributed by atoms with Crippen LogP contribution in [0.2, 0.25) is 0 Å². The summed E-state index contributed by atoms with van der Waals surface area (Å²) in [6.45, 7) is 0. The predicted octanol–water partition coefficient (Wildman–Crippen LogP) is 0.329. The lowest BCUT2D eigenvalue weighted by molar-refractivity contribution is 0.111. The first-order valence-corrected chi connectivity index (χ1v) is 4.61. The molecule has 1 aromatic heterocycles. The van der Waals surface area contributed by atoms with Crippen LogP contribution in [0, 0.1) is 0 Å². The highest BCUT2D eigenvalue weighted by Crippen LogP contribution is 2.27. The van der Waals surface area contributed by atoms with Crippen LogP contribution in [0.5, 0.6) is 0 Å². The van der Waals surface area contributed by atoms with Gasteiger partial charge in [-0.05, 0) is 0 Å². The summed E-state index contributed by atoms with van der Waals surface area (Å²) in [4.78, 5) is 27.6. The minimum absolute atomic E-state index is 0.291. The van der Waals surface area contributed by atoms with Gasteiger partial charge in [-0.1, -0.05) is 0 Å². The van der Waals surface area contributed by atoms with Crippen LogP contribution in [0.15, 0.2) is 4.79 Å². The van der Waals surface area contributed by atoms with Crippen LogP contribution in [-0.4, -0.2) is 16.3 Å². The first-order valence-electron chi connectivity index (χ1n) is 3.46. The minimum Gasteiger partial charge on any atom is -0.309 e. The van der Waals surface area contributed by atoms with Crippen LogP contribution in [0.4, 0.5) is 0 Å². The Hall–Kier alpha value is -1.10. The van der Waals surface area contributed by atoms with Crippen LogP contribution >= 0.6 is 11.8 Å². The lowest BCUT2D eigenvalue weighted by Gasteiger charge is -1.97. The fourth-order valence-corrected chi connectivity index (χ4v) is 2.28. The molecule has 0 saturated heterocycles. The Morgan fingerprint density at radius 3 is 3.08 bits per heavy atom. The maximum Gasteiger partial charge on any atom is 0.345 e. The van der Waals surface area contributed by atoms with E-state index in [4.69, 9.17) is 0 Å². The van der Waals surface area contributed by atoms with Gasteiger partial charge in [0.15, 0.2) is 6.29 Å². The number of rotatable bonds is 1. The number of hydrogen-bond acceptors (Lipinski definition) is 4. The van der Waals surface area contributed by atoms with Gasteiger partial charge in [-0.3, -0.25) is 4.79 Å². The molecule has 0 aliphatic carbocycles. The second kappa shape index (κ2) is 2.75. The number of nitrogens with zero attached hydrogens (tertiary/aromatic N) is 1. The number of aromatic nitrogens is 2. The molecule has 0 bridgehead atoms. The average Bonchev–Trinajstić information content (AvgIpc) is 2.50. The normalized spacial score (nSPS) is 14.3. The molecule has 0 amide bonds. The topological polar surface area (TPSA) is 62.8 Å². The molecule has 0 unspecified atom stereocenters. The van der Waals surface area contributed by atoms with E-state index in [1.165, 1.54) is 0 Å². The van der Waals surface area contributed by atoms with Crippen molar-refractivity contribution in [2.75, 3.05) is 0 Å². The zero-order valence-corrected chi connectivity index (χ0v) is 6.98. The first kappa shape index (κ1) is 7.54. The molecule has 0 fully saturated rings. The van der Waals surface area contributed by atoms with Gasteiger partial charge < -0.3 is 4.98 Å². The van der Waals surface area contributed by atoms with Crippen LogP contribution in [0.25, 0.3) is 0 Å². The predicted molar refractivity (Wildman–Crippen MR) is 45.2 cm³/mol.